The van der Waals surface area contributed by atoms with Crippen molar-refractivity contribution >= 4 is 0 Å². The highest BCUT2D eigenvalue weighted by Crippen LogP contribution is 2.13. The summed E-state index contributed by atoms with van der Waals surface area (Å²) in [5.41, 5.74) is 0.233. The van der Waals surface area contributed by atoms with Gasteiger partial charge in [0.1, 0.15) is 11.6 Å². The zero-order chi connectivity index (χ0) is 12.4. The van der Waals surface area contributed by atoms with Crippen LogP contribution >= 0.6 is 0 Å². The minimum atomic E-state index is -0.718. The molecule has 15 heavy (non-hydrogen) atoms. The van der Waals surface area contributed by atoms with E-state index in [1.165, 1.54) is 6.92 Å². The van der Waals surface area contributed by atoms with E-state index in [9.17, 15) is 8.78 Å². The van der Waals surface area contributed by atoms with Gasteiger partial charge in [-0.1, -0.05) is 27.7 Å². The molecule has 1 nitrogen and oxygen atoms in total. The van der Waals surface area contributed by atoms with Gasteiger partial charge in [0.05, 0.1) is 11.6 Å². The van der Waals surface area contributed by atoms with Gasteiger partial charge in [0.25, 0.3) is 0 Å². The standard InChI is InChI=1S/C8H5F2N.2C2H6/c1-5-6(4-11)2-7(9)3-8(5)10;2*1-2/h2-3H,1H3;2*1-2H3. The van der Waals surface area contributed by atoms with Crippen LogP contribution in [0, 0.1) is 29.9 Å². The van der Waals surface area contributed by atoms with Gasteiger partial charge in [0.15, 0.2) is 0 Å². The summed E-state index contributed by atoms with van der Waals surface area (Å²) in [7, 11) is 0. The third-order valence-electron chi connectivity index (χ3n) is 1.43. The molecule has 0 aliphatic carbocycles. The van der Waals surface area contributed by atoms with Crippen LogP contribution in [0.3, 0.4) is 0 Å². The molecule has 0 aliphatic heterocycles. The Morgan fingerprint density at radius 1 is 1.07 bits per heavy atom. The van der Waals surface area contributed by atoms with Crippen LogP contribution in [-0.4, -0.2) is 0 Å². The van der Waals surface area contributed by atoms with Crippen LogP contribution in [0.5, 0.6) is 0 Å². The summed E-state index contributed by atoms with van der Waals surface area (Å²) in [5, 5.41) is 8.38. The SMILES string of the molecule is CC.CC.Cc1c(F)cc(F)cc1C#N. The average molecular weight is 213 g/mol. The van der Waals surface area contributed by atoms with E-state index in [1.54, 1.807) is 6.07 Å². The van der Waals surface area contributed by atoms with Crippen LogP contribution in [0.15, 0.2) is 12.1 Å². The van der Waals surface area contributed by atoms with E-state index in [1.807, 2.05) is 27.7 Å². The molecular formula is C12H17F2N. The largest absolute Gasteiger partial charge is 0.207 e. The van der Waals surface area contributed by atoms with Gasteiger partial charge in [0, 0.05) is 11.6 Å². The Bertz CT molecular complexity index is 327. The van der Waals surface area contributed by atoms with Crippen molar-refractivity contribution < 1.29 is 8.78 Å². The van der Waals surface area contributed by atoms with Crippen LogP contribution in [0.4, 0.5) is 8.78 Å². The molecule has 0 saturated heterocycles. The molecule has 0 bridgehead atoms. The lowest BCUT2D eigenvalue weighted by Gasteiger charge is -1.97. The van der Waals surface area contributed by atoms with Crippen molar-refractivity contribution in [1.82, 2.24) is 0 Å². The maximum absolute atomic E-state index is 12.6. The molecule has 0 aliphatic rings. The quantitative estimate of drug-likeness (QED) is 0.633. The molecule has 0 radical (unpaired) electrons. The fourth-order valence-corrected chi connectivity index (χ4v) is 0.762. The monoisotopic (exact) mass is 213 g/mol. The zero-order valence-electron chi connectivity index (χ0n) is 9.86. The molecule has 0 heterocycles. The Kier molecular flexibility index (Phi) is 9.76. The topological polar surface area (TPSA) is 23.8 Å². The van der Waals surface area contributed by atoms with Crippen molar-refractivity contribution in [2.24, 2.45) is 0 Å². The fourth-order valence-electron chi connectivity index (χ4n) is 0.762. The molecule has 0 unspecified atom stereocenters. The number of rotatable bonds is 0. The molecule has 1 rings (SSSR count). The van der Waals surface area contributed by atoms with E-state index in [-0.39, 0.29) is 11.1 Å². The van der Waals surface area contributed by atoms with Gasteiger partial charge in [-0.15, -0.1) is 0 Å². The first-order chi connectivity index (χ1) is 7.15. The lowest BCUT2D eigenvalue weighted by Crippen LogP contribution is -1.89. The minimum absolute atomic E-state index is 0.0440. The molecule has 0 N–H and O–H groups in total. The van der Waals surface area contributed by atoms with Crippen molar-refractivity contribution in [2.45, 2.75) is 34.6 Å². The Labute approximate surface area is 90.4 Å². The van der Waals surface area contributed by atoms with Gasteiger partial charge in [0.2, 0.25) is 0 Å². The highest BCUT2D eigenvalue weighted by atomic mass is 19.1. The third kappa shape index (κ3) is 5.11. The second-order valence-electron chi connectivity index (χ2n) is 2.17. The van der Waals surface area contributed by atoms with Crippen molar-refractivity contribution in [3.8, 4) is 6.07 Å². The van der Waals surface area contributed by atoms with Crippen molar-refractivity contribution in [3.63, 3.8) is 0 Å². The highest BCUT2D eigenvalue weighted by molar-refractivity contribution is 5.37. The third-order valence-corrected chi connectivity index (χ3v) is 1.43. The van der Waals surface area contributed by atoms with Crippen LogP contribution in [-0.2, 0) is 0 Å². The number of hydrogen-bond donors (Lipinski definition) is 0. The molecule has 0 atom stereocenters. The van der Waals surface area contributed by atoms with Gasteiger partial charge >= 0.3 is 0 Å². The van der Waals surface area contributed by atoms with Gasteiger partial charge in [-0.05, 0) is 13.0 Å². The summed E-state index contributed by atoms with van der Waals surface area (Å²) in [5.74, 6) is -1.40. The lowest BCUT2D eigenvalue weighted by molar-refractivity contribution is 0.576. The van der Waals surface area contributed by atoms with E-state index >= 15 is 0 Å². The van der Waals surface area contributed by atoms with Crippen LogP contribution in [0.25, 0.3) is 0 Å². The number of nitriles is 1. The summed E-state index contributed by atoms with van der Waals surface area (Å²) in [6.45, 7) is 9.44. The summed E-state index contributed by atoms with van der Waals surface area (Å²) in [4.78, 5) is 0. The van der Waals surface area contributed by atoms with E-state index in [0.717, 1.165) is 12.1 Å². The second-order valence-corrected chi connectivity index (χ2v) is 2.17. The summed E-state index contributed by atoms with van der Waals surface area (Å²) >= 11 is 0. The molecule has 3 heteroatoms. The molecule has 1 aromatic rings. The number of nitrogens with zero attached hydrogens (tertiary/aromatic N) is 1. The summed E-state index contributed by atoms with van der Waals surface area (Å²) in [6, 6.07) is 3.47. The maximum Gasteiger partial charge on any atom is 0.130 e. The van der Waals surface area contributed by atoms with E-state index in [4.69, 9.17) is 5.26 Å². The smallest absolute Gasteiger partial charge is 0.130 e. The first-order valence-corrected chi connectivity index (χ1v) is 5.01. The van der Waals surface area contributed by atoms with E-state index < -0.39 is 11.6 Å². The molecule has 0 fully saturated rings. The molecule has 0 spiro atoms. The molecule has 0 aromatic heterocycles. The average Bonchev–Trinajstić information content (AvgIpc) is 2.29. The zero-order valence-corrected chi connectivity index (χ0v) is 9.86. The fraction of sp³-hybridized carbons (Fsp3) is 0.417. The molecular weight excluding hydrogens is 196 g/mol. The summed E-state index contributed by atoms with van der Waals surface area (Å²) in [6.07, 6.45) is 0. The van der Waals surface area contributed by atoms with Crippen LogP contribution in [0.1, 0.15) is 38.8 Å². The first kappa shape index (κ1) is 16.0. The predicted molar refractivity (Wildman–Crippen MR) is 58.5 cm³/mol. The summed E-state index contributed by atoms with van der Waals surface area (Å²) < 4.78 is 25.0. The maximum atomic E-state index is 12.6. The second kappa shape index (κ2) is 9.14. The Hall–Kier alpha value is -1.43. The number of hydrogen-bond acceptors (Lipinski definition) is 1. The normalized spacial score (nSPS) is 7.60. The van der Waals surface area contributed by atoms with E-state index in [2.05, 4.69) is 0 Å². The Morgan fingerprint density at radius 3 is 1.93 bits per heavy atom. The van der Waals surface area contributed by atoms with Gasteiger partial charge in [-0.25, -0.2) is 8.78 Å². The first-order valence-electron chi connectivity index (χ1n) is 5.01. The molecule has 0 saturated carbocycles. The van der Waals surface area contributed by atoms with Gasteiger partial charge < -0.3 is 0 Å². The predicted octanol–water partition coefficient (Wildman–Crippen LogP) is 4.20. The van der Waals surface area contributed by atoms with Crippen LogP contribution in [0.2, 0.25) is 0 Å². The lowest BCUT2D eigenvalue weighted by atomic mass is 10.1. The van der Waals surface area contributed by atoms with Gasteiger partial charge in [-0.3, -0.25) is 0 Å². The van der Waals surface area contributed by atoms with Crippen LogP contribution < -0.4 is 0 Å². The van der Waals surface area contributed by atoms with Crippen molar-refractivity contribution in [1.29, 1.82) is 5.26 Å². The van der Waals surface area contributed by atoms with Gasteiger partial charge in [-0.2, -0.15) is 5.26 Å². The Balaban J connectivity index is 0. The van der Waals surface area contributed by atoms with E-state index in [0.29, 0.717) is 0 Å². The highest BCUT2D eigenvalue weighted by Gasteiger charge is 2.05. The molecule has 1 aromatic carbocycles. The Morgan fingerprint density at radius 2 is 1.53 bits per heavy atom. The molecule has 0 amide bonds. The minimum Gasteiger partial charge on any atom is -0.207 e. The van der Waals surface area contributed by atoms with Crippen molar-refractivity contribution in [2.75, 3.05) is 0 Å². The number of benzene rings is 1. The van der Waals surface area contributed by atoms with Crippen molar-refractivity contribution in [3.05, 3.63) is 34.9 Å². The molecule has 84 valence electrons. The number of halogens is 2.